The van der Waals surface area contributed by atoms with E-state index in [1.54, 1.807) is 0 Å². The molecule has 3 aromatic rings. The zero-order valence-electron chi connectivity index (χ0n) is 15.6. The normalized spacial score (nSPS) is 12.5. The van der Waals surface area contributed by atoms with Gasteiger partial charge in [-0.15, -0.1) is 5.10 Å². The maximum Gasteiger partial charge on any atom is 0.342 e. The molecule has 0 aliphatic carbocycles. The van der Waals surface area contributed by atoms with Gasteiger partial charge in [-0.2, -0.15) is 8.42 Å². The molecule has 0 fully saturated rings. The van der Waals surface area contributed by atoms with Crippen LogP contribution in [0.4, 0.5) is 11.5 Å². The number of nitro groups is 2. The molecule has 0 aliphatic heterocycles. The molecule has 15 nitrogen and oxygen atoms in total. The van der Waals surface area contributed by atoms with Crippen molar-refractivity contribution in [3.8, 4) is 0 Å². The highest BCUT2D eigenvalue weighted by Crippen LogP contribution is 2.25. The van der Waals surface area contributed by atoms with Gasteiger partial charge in [-0.25, -0.2) is 14.2 Å². The predicted octanol–water partition coefficient (Wildman–Crippen LogP) is 0.278. The van der Waals surface area contributed by atoms with E-state index in [1.165, 1.54) is 29.2 Å². The third-order valence-electron chi connectivity index (χ3n) is 4.10. The van der Waals surface area contributed by atoms with Crippen molar-refractivity contribution in [2.24, 2.45) is 0 Å². The molecule has 0 bridgehead atoms. The summed E-state index contributed by atoms with van der Waals surface area (Å²) in [6, 6.07) is 3.70. The molecule has 31 heavy (non-hydrogen) atoms. The molecule has 0 spiro atoms. The fraction of sp³-hybridized carbons (Fsp3) is 0.267. The number of hydrogen-bond acceptors (Lipinski definition) is 11. The van der Waals surface area contributed by atoms with Crippen molar-refractivity contribution in [1.82, 2.24) is 24.5 Å². The van der Waals surface area contributed by atoms with Gasteiger partial charge in [-0.3, -0.25) is 14.3 Å². The number of aromatic nitrogens is 5. The van der Waals surface area contributed by atoms with Gasteiger partial charge in [0.1, 0.15) is 24.5 Å². The first-order valence-corrected chi connectivity index (χ1v) is 9.92. The van der Waals surface area contributed by atoms with Crippen molar-refractivity contribution in [2.45, 2.75) is 17.5 Å². The zero-order chi connectivity index (χ0) is 22.6. The molecule has 2 aromatic heterocycles. The van der Waals surface area contributed by atoms with Crippen LogP contribution in [0.25, 0.3) is 0 Å². The highest BCUT2D eigenvalue weighted by molar-refractivity contribution is 7.87. The van der Waals surface area contributed by atoms with Gasteiger partial charge in [0.2, 0.25) is 0 Å². The fourth-order valence-corrected chi connectivity index (χ4v) is 3.70. The largest absolute Gasteiger partial charge is 0.394 e. The Morgan fingerprint density at radius 1 is 1.19 bits per heavy atom. The number of hydrogen-bond donors (Lipinski definition) is 1. The molecule has 3 rings (SSSR count). The lowest BCUT2D eigenvalue weighted by molar-refractivity contribution is -0.392. The number of imidazole rings is 1. The van der Waals surface area contributed by atoms with Gasteiger partial charge in [-0.05, 0) is 11.0 Å². The predicted molar refractivity (Wildman–Crippen MR) is 100 cm³/mol. The van der Waals surface area contributed by atoms with E-state index in [2.05, 4.69) is 15.3 Å². The average Bonchev–Trinajstić information content (AvgIpc) is 3.38. The number of benzene rings is 1. The van der Waals surface area contributed by atoms with Crippen LogP contribution in [-0.4, -0.2) is 61.1 Å². The van der Waals surface area contributed by atoms with Crippen LogP contribution < -0.4 is 0 Å². The van der Waals surface area contributed by atoms with Gasteiger partial charge in [0.15, 0.2) is 11.2 Å². The van der Waals surface area contributed by atoms with Crippen LogP contribution in [-0.2, 0) is 20.8 Å². The van der Waals surface area contributed by atoms with E-state index in [9.17, 15) is 33.8 Å². The standard InChI is InChI=1S/C15H15N7O8S/c23-8-12(9-30-31(28,29)14-4-2-1-3-13(14)21(24)25)20-7-11(17-18-20)6-19-10-16-5-15(19)22(26)27/h1-5,7,10,12,23H,6,8-9H2. The van der Waals surface area contributed by atoms with Crippen LogP contribution in [0.5, 0.6) is 0 Å². The Labute approximate surface area is 173 Å². The molecule has 2 heterocycles. The Bertz CT molecular complexity index is 1210. The number of nitrogens with zero attached hydrogens (tertiary/aromatic N) is 7. The van der Waals surface area contributed by atoms with Crippen molar-refractivity contribution in [3.63, 3.8) is 0 Å². The summed E-state index contributed by atoms with van der Waals surface area (Å²) in [7, 11) is -4.50. The maximum absolute atomic E-state index is 12.4. The SMILES string of the molecule is O=[N+]([O-])c1ccccc1S(=O)(=O)OCC(CO)n1cc(Cn2cncc2[N+](=O)[O-])nn1. The molecule has 0 saturated heterocycles. The highest BCUT2D eigenvalue weighted by atomic mass is 32.2. The number of para-hydroxylation sites is 1. The molecule has 1 N–H and O–H groups in total. The van der Waals surface area contributed by atoms with Gasteiger partial charge >= 0.3 is 15.9 Å². The first-order valence-electron chi connectivity index (χ1n) is 8.52. The summed E-state index contributed by atoms with van der Waals surface area (Å²) in [5.41, 5.74) is -0.367. The first kappa shape index (κ1) is 21.9. The monoisotopic (exact) mass is 453 g/mol. The van der Waals surface area contributed by atoms with Crippen molar-refractivity contribution >= 4 is 21.6 Å². The van der Waals surface area contributed by atoms with Crippen LogP contribution in [0.15, 0.2) is 47.9 Å². The van der Waals surface area contributed by atoms with E-state index >= 15 is 0 Å². The van der Waals surface area contributed by atoms with Crippen molar-refractivity contribution in [3.05, 3.63) is 68.9 Å². The highest BCUT2D eigenvalue weighted by Gasteiger charge is 2.28. The van der Waals surface area contributed by atoms with Crippen LogP contribution in [0.2, 0.25) is 0 Å². The number of aliphatic hydroxyl groups excluding tert-OH is 1. The van der Waals surface area contributed by atoms with E-state index in [-0.39, 0.29) is 18.1 Å². The second-order valence-corrected chi connectivity index (χ2v) is 7.71. The van der Waals surface area contributed by atoms with Crippen LogP contribution in [0.3, 0.4) is 0 Å². The van der Waals surface area contributed by atoms with Crippen molar-refractivity contribution in [1.29, 1.82) is 0 Å². The van der Waals surface area contributed by atoms with Gasteiger partial charge in [0.25, 0.3) is 5.69 Å². The Morgan fingerprint density at radius 3 is 2.61 bits per heavy atom. The molecule has 16 heteroatoms. The lowest BCUT2D eigenvalue weighted by atomic mass is 10.3. The Morgan fingerprint density at radius 2 is 1.94 bits per heavy atom. The molecule has 1 atom stereocenters. The van der Waals surface area contributed by atoms with Gasteiger partial charge in [-0.1, -0.05) is 17.3 Å². The maximum atomic E-state index is 12.4. The number of aliphatic hydroxyl groups is 1. The van der Waals surface area contributed by atoms with Gasteiger partial charge in [0, 0.05) is 6.07 Å². The zero-order valence-corrected chi connectivity index (χ0v) is 16.4. The summed E-state index contributed by atoms with van der Waals surface area (Å²) >= 11 is 0. The van der Waals surface area contributed by atoms with Crippen molar-refractivity contribution in [2.75, 3.05) is 13.2 Å². The number of nitro benzene ring substituents is 1. The molecule has 0 amide bonds. The van der Waals surface area contributed by atoms with Gasteiger partial charge in [0.05, 0.1) is 24.3 Å². The molecule has 0 radical (unpaired) electrons. The molecular weight excluding hydrogens is 438 g/mol. The van der Waals surface area contributed by atoms with Crippen LogP contribution >= 0.6 is 0 Å². The minimum absolute atomic E-state index is 0.0379. The molecule has 1 unspecified atom stereocenters. The van der Waals surface area contributed by atoms with E-state index in [0.29, 0.717) is 0 Å². The topological polar surface area (TPSA) is 198 Å². The van der Waals surface area contributed by atoms with Crippen LogP contribution in [0.1, 0.15) is 11.7 Å². The molecule has 0 aliphatic rings. The van der Waals surface area contributed by atoms with E-state index < -0.39 is 49.8 Å². The van der Waals surface area contributed by atoms with E-state index in [0.717, 1.165) is 23.0 Å². The third-order valence-corrected chi connectivity index (χ3v) is 5.43. The molecule has 0 saturated carbocycles. The summed E-state index contributed by atoms with van der Waals surface area (Å²) in [5, 5.41) is 39.2. The summed E-state index contributed by atoms with van der Waals surface area (Å²) < 4.78 is 32.0. The minimum atomic E-state index is -4.50. The molecular formula is C15H15N7O8S. The summed E-state index contributed by atoms with van der Waals surface area (Å²) in [4.78, 5) is 23.6. The van der Waals surface area contributed by atoms with Crippen LogP contribution in [0, 0.1) is 20.2 Å². The first-order chi connectivity index (χ1) is 14.7. The summed E-state index contributed by atoms with van der Waals surface area (Å²) in [6.45, 7) is -1.21. The van der Waals surface area contributed by atoms with E-state index in [1.807, 2.05) is 0 Å². The summed E-state index contributed by atoms with van der Waals surface area (Å²) in [5.74, 6) is -0.257. The second kappa shape index (κ2) is 8.94. The summed E-state index contributed by atoms with van der Waals surface area (Å²) in [6.07, 6.45) is 3.66. The lowest BCUT2D eigenvalue weighted by Crippen LogP contribution is -2.22. The second-order valence-electron chi connectivity index (χ2n) is 6.13. The Hall–Kier alpha value is -3.76. The molecule has 1 aromatic carbocycles. The third kappa shape index (κ3) is 4.87. The quantitative estimate of drug-likeness (QED) is 0.251. The average molecular weight is 453 g/mol. The molecule has 164 valence electrons. The van der Waals surface area contributed by atoms with Crippen molar-refractivity contribution < 1.29 is 27.6 Å². The smallest absolute Gasteiger partial charge is 0.342 e. The minimum Gasteiger partial charge on any atom is -0.394 e. The Balaban J connectivity index is 1.73. The number of rotatable bonds is 10. The fourth-order valence-electron chi connectivity index (χ4n) is 2.59. The Kier molecular flexibility index (Phi) is 6.33. The lowest BCUT2D eigenvalue weighted by Gasteiger charge is -2.14. The van der Waals surface area contributed by atoms with E-state index in [4.69, 9.17) is 4.18 Å². The van der Waals surface area contributed by atoms with Gasteiger partial charge < -0.3 is 15.2 Å².